The first kappa shape index (κ1) is 14.5. The van der Waals surface area contributed by atoms with E-state index in [9.17, 15) is 0 Å². The van der Waals surface area contributed by atoms with Gasteiger partial charge in [0.05, 0.1) is 0 Å². The molecule has 0 aliphatic carbocycles. The van der Waals surface area contributed by atoms with E-state index in [-0.39, 0.29) is 0 Å². The van der Waals surface area contributed by atoms with Crippen molar-refractivity contribution >= 4 is 0 Å². The molecule has 0 saturated carbocycles. The average molecular weight is 261 g/mol. The highest BCUT2D eigenvalue weighted by Gasteiger charge is 2.28. The molecule has 1 aliphatic heterocycles. The molecule has 0 amide bonds. The highest BCUT2D eigenvalue weighted by Crippen LogP contribution is 2.34. The molecule has 2 N–H and O–H groups in total. The molecule has 0 spiro atoms. The fraction of sp³-hybridized carbons (Fsp3) is 0.625. The number of hydrogen-bond acceptors (Lipinski definition) is 3. The number of rotatable bonds is 4. The Kier molecular flexibility index (Phi) is 4.97. The Bertz CT molecular complexity index is 395. The largest absolute Gasteiger partial charge is 0.326 e. The number of likely N-dealkylation sites (tertiary alicyclic amines) is 1. The van der Waals surface area contributed by atoms with E-state index in [2.05, 4.69) is 55.2 Å². The van der Waals surface area contributed by atoms with Crippen LogP contribution in [0.15, 0.2) is 24.3 Å². The monoisotopic (exact) mass is 261 g/mol. The van der Waals surface area contributed by atoms with Crippen LogP contribution in [0.25, 0.3) is 0 Å². The van der Waals surface area contributed by atoms with E-state index < -0.39 is 0 Å². The smallest absolute Gasteiger partial charge is 0.0371 e. The first-order valence-electron chi connectivity index (χ1n) is 7.25. The lowest BCUT2D eigenvalue weighted by atomic mass is 9.84. The summed E-state index contributed by atoms with van der Waals surface area (Å²) in [5.74, 6) is 0.749. The van der Waals surface area contributed by atoms with Gasteiger partial charge in [0.15, 0.2) is 0 Å². The Balaban J connectivity index is 2.19. The second-order valence-corrected chi connectivity index (χ2v) is 6.00. The highest BCUT2D eigenvalue weighted by atomic mass is 15.1. The quantitative estimate of drug-likeness (QED) is 0.901. The Morgan fingerprint density at radius 3 is 2.58 bits per heavy atom. The van der Waals surface area contributed by atoms with Crippen LogP contribution in [0.5, 0.6) is 0 Å². The summed E-state index contributed by atoms with van der Waals surface area (Å²) < 4.78 is 0. The molecule has 0 aromatic heterocycles. The summed E-state index contributed by atoms with van der Waals surface area (Å²) in [6, 6.07) is 9.30. The van der Waals surface area contributed by atoms with Gasteiger partial charge in [0.1, 0.15) is 0 Å². The van der Waals surface area contributed by atoms with Crippen molar-refractivity contribution in [1.82, 2.24) is 9.80 Å². The molecule has 3 nitrogen and oxygen atoms in total. The predicted octanol–water partition coefficient (Wildman–Crippen LogP) is 2.09. The molecule has 19 heavy (non-hydrogen) atoms. The number of piperidine rings is 1. The summed E-state index contributed by atoms with van der Waals surface area (Å²) >= 11 is 0. The summed E-state index contributed by atoms with van der Waals surface area (Å²) in [4.78, 5) is 4.80. The van der Waals surface area contributed by atoms with E-state index in [1.807, 2.05) is 0 Å². The van der Waals surface area contributed by atoms with Crippen LogP contribution in [0, 0.1) is 5.92 Å². The maximum Gasteiger partial charge on any atom is 0.0371 e. The molecular formula is C16H27N3. The normalized spacial score (nSPS) is 19.8. The molecule has 2 rings (SSSR count). The predicted molar refractivity (Wildman–Crippen MR) is 81.0 cm³/mol. The molecule has 0 bridgehead atoms. The third-order valence-electron chi connectivity index (χ3n) is 4.29. The summed E-state index contributed by atoms with van der Waals surface area (Å²) in [5, 5.41) is 0. The third kappa shape index (κ3) is 3.56. The minimum atomic E-state index is 0.514. The van der Waals surface area contributed by atoms with Gasteiger partial charge in [-0.25, -0.2) is 0 Å². The fourth-order valence-corrected chi connectivity index (χ4v) is 3.24. The van der Waals surface area contributed by atoms with Crippen molar-refractivity contribution in [2.24, 2.45) is 11.7 Å². The molecule has 1 aromatic rings. The van der Waals surface area contributed by atoms with Gasteiger partial charge in [-0.05, 0) is 64.1 Å². The molecule has 1 saturated heterocycles. The van der Waals surface area contributed by atoms with Crippen LogP contribution in [-0.2, 0) is 6.54 Å². The van der Waals surface area contributed by atoms with E-state index in [4.69, 9.17) is 5.73 Å². The van der Waals surface area contributed by atoms with Gasteiger partial charge in [-0.15, -0.1) is 0 Å². The first-order chi connectivity index (χ1) is 9.11. The minimum Gasteiger partial charge on any atom is -0.326 e. The third-order valence-corrected chi connectivity index (χ3v) is 4.29. The number of nitrogens with two attached hydrogens (primary N) is 1. The summed E-state index contributed by atoms with van der Waals surface area (Å²) in [5.41, 5.74) is 8.42. The van der Waals surface area contributed by atoms with Crippen molar-refractivity contribution in [2.45, 2.75) is 25.4 Å². The number of nitrogens with zero attached hydrogens (tertiary/aromatic N) is 2. The molecular weight excluding hydrogens is 234 g/mol. The van der Waals surface area contributed by atoms with Crippen LogP contribution < -0.4 is 5.73 Å². The van der Waals surface area contributed by atoms with Gasteiger partial charge in [-0.3, -0.25) is 0 Å². The molecule has 0 radical (unpaired) electrons. The van der Waals surface area contributed by atoms with Gasteiger partial charge in [0.25, 0.3) is 0 Å². The van der Waals surface area contributed by atoms with Crippen LogP contribution in [0.4, 0.5) is 0 Å². The average Bonchev–Trinajstić information content (AvgIpc) is 2.41. The van der Waals surface area contributed by atoms with Crippen molar-refractivity contribution in [1.29, 1.82) is 0 Å². The fourth-order valence-electron chi connectivity index (χ4n) is 3.24. The van der Waals surface area contributed by atoms with Crippen molar-refractivity contribution < 1.29 is 0 Å². The van der Waals surface area contributed by atoms with E-state index in [1.165, 1.54) is 37.1 Å². The van der Waals surface area contributed by atoms with E-state index in [0.717, 1.165) is 5.92 Å². The number of hydrogen-bond donors (Lipinski definition) is 1. The van der Waals surface area contributed by atoms with Crippen molar-refractivity contribution in [3.63, 3.8) is 0 Å². The lowest BCUT2D eigenvalue weighted by Crippen LogP contribution is -2.37. The second-order valence-electron chi connectivity index (χ2n) is 6.00. The zero-order valence-electron chi connectivity index (χ0n) is 12.5. The Morgan fingerprint density at radius 2 is 2.00 bits per heavy atom. The van der Waals surface area contributed by atoms with Gasteiger partial charge < -0.3 is 15.5 Å². The highest BCUT2D eigenvalue weighted by molar-refractivity contribution is 5.26. The summed E-state index contributed by atoms with van der Waals surface area (Å²) in [7, 11) is 6.60. The van der Waals surface area contributed by atoms with Gasteiger partial charge in [0, 0.05) is 12.6 Å². The van der Waals surface area contributed by atoms with E-state index in [1.54, 1.807) is 0 Å². The number of benzene rings is 1. The van der Waals surface area contributed by atoms with Crippen molar-refractivity contribution in [3.8, 4) is 0 Å². The zero-order chi connectivity index (χ0) is 13.8. The van der Waals surface area contributed by atoms with Crippen LogP contribution in [0.1, 0.15) is 30.0 Å². The van der Waals surface area contributed by atoms with E-state index in [0.29, 0.717) is 12.6 Å². The topological polar surface area (TPSA) is 32.5 Å². The zero-order valence-corrected chi connectivity index (χ0v) is 12.5. The summed E-state index contributed by atoms with van der Waals surface area (Å²) in [6.45, 7) is 3.05. The maximum atomic E-state index is 5.77. The maximum absolute atomic E-state index is 5.77. The molecule has 1 atom stereocenters. The standard InChI is InChI=1S/C16H27N3/c1-18(2)16(14-7-9-19(3)10-8-14)15-6-4-5-13(11-15)12-17/h4-6,11,14,16H,7-10,12,17H2,1-3H3. The van der Waals surface area contributed by atoms with Crippen LogP contribution >= 0.6 is 0 Å². The minimum absolute atomic E-state index is 0.514. The Hall–Kier alpha value is -0.900. The van der Waals surface area contributed by atoms with Crippen LogP contribution in [-0.4, -0.2) is 44.0 Å². The lowest BCUT2D eigenvalue weighted by molar-refractivity contribution is 0.131. The van der Waals surface area contributed by atoms with Crippen LogP contribution in [0.2, 0.25) is 0 Å². The second kappa shape index (κ2) is 6.51. The molecule has 106 valence electrons. The molecule has 3 heteroatoms. The molecule has 1 heterocycles. The first-order valence-corrected chi connectivity index (χ1v) is 7.25. The van der Waals surface area contributed by atoms with E-state index >= 15 is 0 Å². The van der Waals surface area contributed by atoms with Crippen molar-refractivity contribution in [2.75, 3.05) is 34.2 Å². The molecule has 1 fully saturated rings. The molecule has 1 unspecified atom stereocenters. The summed E-state index contributed by atoms with van der Waals surface area (Å²) in [6.07, 6.45) is 2.57. The molecule has 1 aromatic carbocycles. The van der Waals surface area contributed by atoms with Gasteiger partial charge in [-0.2, -0.15) is 0 Å². The lowest BCUT2D eigenvalue weighted by Gasteiger charge is -2.38. The van der Waals surface area contributed by atoms with Gasteiger partial charge in [-0.1, -0.05) is 24.3 Å². The van der Waals surface area contributed by atoms with Gasteiger partial charge >= 0.3 is 0 Å². The SMILES string of the molecule is CN1CCC(C(c2cccc(CN)c2)N(C)C)CC1. The van der Waals surface area contributed by atoms with Crippen molar-refractivity contribution in [3.05, 3.63) is 35.4 Å². The van der Waals surface area contributed by atoms with Gasteiger partial charge in [0.2, 0.25) is 0 Å². The van der Waals surface area contributed by atoms with Crippen LogP contribution in [0.3, 0.4) is 0 Å². The Morgan fingerprint density at radius 1 is 1.32 bits per heavy atom. The Labute approximate surface area is 117 Å². The molecule has 1 aliphatic rings.